The van der Waals surface area contributed by atoms with Crippen molar-refractivity contribution in [3.05, 3.63) is 11.5 Å². The second-order valence-corrected chi connectivity index (χ2v) is 6.58. The Morgan fingerprint density at radius 3 is 2.36 bits per heavy atom. The molecule has 0 aromatic carbocycles. The SMILES string of the molecule is CNC(C)CNC(=O)C(C)NS(=O)(=O)c1c(C)noc1C.Cl. The van der Waals surface area contributed by atoms with Gasteiger partial charge in [-0.3, -0.25) is 4.79 Å². The second-order valence-electron chi connectivity index (χ2n) is 4.93. The molecule has 1 aromatic heterocycles. The fourth-order valence-electron chi connectivity index (χ4n) is 1.71. The topological polar surface area (TPSA) is 113 Å². The van der Waals surface area contributed by atoms with Crippen molar-refractivity contribution >= 4 is 28.3 Å². The number of aromatic nitrogens is 1. The number of nitrogens with zero attached hydrogens (tertiary/aromatic N) is 1. The van der Waals surface area contributed by atoms with Gasteiger partial charge in [-0.05, 0) is 34.7 Å². The first-order valence-electron chi connectivity index (χ1n) is 6.59. The summed E-state index contributed by atoms with van der Waals surface area (Å²) in [6, 6.07) is -0.798. The summed E-state index contributed by atoms with van der Waals surface area (Å²) in [6.45, 7) is 6.83. The van der Waals surface area contributed by atoms with Gasteiger partial charge in [-0.1, -0.05) is 5.16 Å². The number of aryl methyl sites for hydroxylation is 2. The molecule has 10 heteroatoms. The van der Waals surface area contributed by atoms with Crippen LogP contribution in [0.5, 0.6) is 0 Å². The zero-order valence-electron chi connectivity index (χ0n) is 13.3. The minimum Gasteiger partial charge on any atom is -0.360 e. The van der Waals surface area contributed by atoms with E-state index in [2.05, 4.69) is 20.5 Å². The van der Waals surface area contributed by atoms with Crippen molar-refractivity contribution < 1.29 is 17.7 Å². The van der Waals surface area contributed by atoms with Crippen molar-refractivity contribution in [1.29, 1.82) is 0 Å². The summed E-state index contributed by atoms with van der Waals surface area (Å²) < 4.78 is 31.6. The summed E-state index contributed by atoms with van der Waals surface area (Å²) in [5, 5.41) is 9.24. The first-order valence-corrected chi connectivity index (χ1v) is 8.07. The van der Waals surface area contributed by atoms with Crippen molar-refractivity contribution in [3.8, 4) is 0 Å². The van der Waals surface area contributed by atoms with Crippen molar-refractivity contribution in [3.63, 3.8) is 0 Å². The van der Waals surface area contributed by atoms with Gasteiger partial charge in [-0.25, -0.2) is 8.42 Å². The predicted molar refractivity (Wildman–Crippen MR) is 84.5 cm³/mol. The molecule has 1 heterocycles. The third kappa shape index (κ3) is 5.24. The zero-order chi connectivity index (χ0) is 16.2. The highest BCUT2D eigenvalue weighted by Gasteiger charge is 2.28. The maximum atomic E-state index is 12.2. The Labute approximate surface area is 136 Å². The normalized spacial score (nSPS) is 14.0. The monoisotopic (exact) mass is 354 g/mol. The molecule has 2 atom stereocenters. The van der Waals surface area contributed by atoms with Crippen molar-refractivity contribution in [1.82, 2.24) is 20.5 Å². The lowest BCUT2D eigenvalue weighted by Crippen LogP contribution is -2.47. The van der Waals surface area contributed by atoms with Gasteiger partial charge in [0.15, 0.2) is 5.76 Å². The molecule has 0 aliphatic heterocycles. The molecule has 3 N–H and O–H groups in total. The number of likely N-dealkylation sites (N-methyl/N-ethyl adjacent to an activating group) is 1. The molecule has 1 rings (SSSR count). The third-order valence-corrected chi connectivity index (χ3v) is 4.82. The van der Waals surface area contributed by atoms with E-state index in [-0.39, 0.29) is 34.8 Å². The Morgan fingerprint density at radius 1 is 1.32 bits per heavy atom. The van der Waals surface area contributed by atoms with E-state index in [9.17, 15) is 13.2 Å². The number of nitrogens with one attached hydrogen (secondary N) is 3. The van der Waals surface area contributed by atoms with Crippen LogP contribution >= 0.6 is 12.4 Å². The molecule has 0 bridgehead atoms. The lowest BCUT2D eigenvalue weighted by atomic mass is 10.3. The Bertz CT molecular complexity index is 583. The van der Waals surface area contributed by atoms with E-state index in [1.807, 2.05) is 6.92 Å². The van der Waals surface area contributed by atoms with Crippen LogP contribution in [0.4, 0.5) is 0 Å². The molecule has 0 spiro atoms. The summed E-state index contributed by atoms with van der Waals surface area (Å²) in [7, 11) is -2.07. The smallest absolute Gasteiger partial charge is 0.246 e. The van der Waals surface area contributed by atoms with Crippen molar-refractivity contribution in [2.24, 2.45) is 0 Å². The van der Waals surface area contributed by atoms with E-state index in [0.29, 0.717) is 6.54 Å². The van der Waals surface area contributed by atoms with Crippen LogP contribution < -0.4 is 15.4 Å². The van der Waals surface area contributed by atoms with Crippen molar-refractivity contribution in [2.75, 3.05) is 13.6 Å². The van der Waals surface area contributed by atoms with Crippen molar-refractivity contribution in [2.45, 2.75) is 44.7 Å². The Balaban J connectivity index is 0.00000441. The molecule has 0 saturated heterocycles. The van der Waals surface area contributed by atoms with E-state index in [4.69, 9.17) is 4.52 Å². The van der Waals surface area contributed by atoms with Crippen LogP contribution in [0.1, 0.15) is 25.3 Å². The summed E-state index contributed by atoms with van der Waals surface area (Å²) in [5.74, 6) is -0.205. The van der Waals surface area contributed by atoms with Gasteiger partial charge in [0.2, 0.25) is 15.9 Å². The van der Waals surface area contributed by atoms with E-state index in [1.54, 1.807) is 7.05 Å². The van der Waals surface area contributed by atoms with E-state index in [0.717, 1.165) is 0 Å². The van der Waals surface area contributed by atoms with Gasteiger partial charge in [0.05, 0.1) is 6.04 Å². The number of rotatable bonds is 7. The third-order valence-electron chi connectivity index (χ3n) is 3.04. The van der Waals surface area contributed by atoms with Crippen LogP contribution in [0, 0.1) is 13.8 Å². The quantitative estimate of drug-likeness (QED) is 0.640. The molecule has 8 nitrogen and oxygen atoms in total. The van der Waals surface area contributed by atoms with Gasteiger partial charge in [0.25, 0.3) is 0 Å². The molecular weight excluding hydrogens is 332 g/mol. The largest absolute Gasteiger partial charge is 0.360 e. The van der Waals surface area contributed by atoms with E-state index >= 15 is 0 Å². The number of carbonyl (C=O) groups is 1. The second kappa shape index (κ2) is 8.47. The number of sulfonamides is 1. The van der Waals surface area contributed by atoms with E-state index in [1.165, 1.54) is 20.8 Å². The summed E-state index contributed by atoms with van der Waals surface area (Å²) in [6.07, 6.45) is 0. The summed E-state index contributed by atoms with van der Waals surface area (Å²) >= 11 is 0. The molecule has 22 heavy (non-hydrogen) atoms. The maximum absolute atomic E-state index is 12.2. The minimum absolute atomic E-state index is 0. The molecule has 128 valence electrons. The van der Waals surface area contributed by atoms with Crippen LogP contribution in [-0.4, -0.2) is 45.2 Å². The van der Waals surface area contributed by atoms with Gasteiger partial charge in [0.1, 0.15) is 10.6 Å². The Morgan fingerprint density at radius 2 is 1.91 bits per heavy atom. The highest BCUT2D eigenvalue weighted by atomic mass is 35.5. The average molecular weight is 355 g/mol. The minimum atomic E-state index is -3.85. The molecule has 1 aromatic rings. The van der Waals surface area contributed by atoms with Gasteiger partial charge in [-0.15, -0.1) is 12.4 Å². The van der Waals surface area contributed by atoms with Crippen LogP contribution in [0.3, 0.4) is 0 Å². The highest BCUT2D eigenvalue weighted by Crippen LogP contribution is 2.18. The zero-order valence-corrected chi connectivity index (χ0v) is 14.9. The lowest BCUT2D eigenvalue weighted by molar-refractivity contribution is -0.122. The molecule has 0 fully saturated rings. The summed E-state index contributed by atoms with van der Waals surface area (Å²) in [4.78, 5) is 11.9. The van der Waals surface area contributed by atoms with Gasteiger partial charge >= 0.3 is 0 Å². The molecule has 0 saturated carbocycles. The number of halogens is 1. The van der Waals surface area contributed by atoms with Gasteiger partial charge in [-0.2, -0.15) is 4.72 Å². The van der Waals surface area contributed by atoms with Crippen LogP contribution in [0.2, 0.25) is 0 Å². The number of hydrogen-bond donors (Lipinski definition) is 3. The van der Waals surface area contributed by atoms with Gasteiger partial charge in [0, 0.05) is 12.6 Å². The van der Waals surface area contributed by atoms with Crippen LogP contribution in [-0.2, 0) is 14.8 Å². The Hall–Kier alpha value is -1.16. The fourth-order valence-corrected chi connectivity index (χ4v) is 3.24. The molecule has 0 radical (unpaired) electrons. The molecular formula is C12H23ClN4O4S. The van der Waals surface area contributed by atoms with Gasteiger partial charge < -0.3 is 15.2 Å². The fraction of sp³-hybridized carbons (Fsp3) is 0.667. The highest BCUT2D eigenvalue weighted by molar-refractivity contribution is 7.89. The first kappa shape index (κ1) is 20.8. The van der Waals surface area contributed by atoms with Crippen LogP contribution in [0.15, 0.2) is 9.42 Å². The summed E-state index contributed by atoms with van der Waals surface area (Å²) in [5.41, 5.74) is 0.261. The maximum Gasteiger partial charge on any atom is 0.246 e. The van der Waals surface area contributed by atoms with Crippen LogP contribution in [0.25, 0.3) is 0 Å². The molecule has 2 unspecified atom stereocenters. The Kier molecular flexibility index (Phi) is 8.02. The molecule has 0 aliphatic carbocycles. The predicted octanol–water partition coefficient (Wildman–Crippen LogP) is 0.104. The molecule has 0 aliphatic rings. The number of carbonyl (C=O) groups excluding carboxylic acids is 1. The standard InChI is InChI=1S/C12H22N4O4S.ClH/c1-7(13-5)6-14-12(17)9(3)16-21(18,19)11-8(2)15-20-10(11)4;/h7,9,13,16H,6H2,1-5H3,(H,14,17);1H. The van der Waals surface area contributed by atoms with E-state index < -0.39 is 22.0 Å². The number of amides is 1. The number of hydrogen-bond acceptors (Lipinski definition) is 6. The first-order chi connectivity index (χ1) is 9.69. The average Bonchev–Trinajstić information content (AvgIpc) is 2.74. The lowest BCUT2D eigenvalue weighted by Gasteiger charge is -2.16. The molecule has 1 amide bonds.